The highest BCUT2D eigenvalue weighted by atomic mass is 32.2. The number of para-hydroxylation sites is 1. The molecule has 0 aliphatic carbocycles. The van der Waals surface area contributed by atoms with Gasteiger partial charge in [0.25, 0.3) is 5.69 Å². The Morgan fingerprint density at radius 2 is 1.84 bits per heavy atom. The van der Waals surface area contributed by atoms with Crippen LogP contribution < -0.4 is 0 Å². The summed E-state index contributed by atoms with van der Waals surface area (Å²) in [5, 5.41) is 9.44. The molecular weight excluding hydrogens is 287 g/mol. The van der Waals surface area contributed by atoms with Crippen molar-refractivity contribution in [3.8, 4) is 0 Å². The lowest BCUT2D eigenvalue weighted by atomic mass is 10.0. The Morgan fingerprint density at radius 3 is 2.21 bits per heavy atom. The summed E-state index contributed by atoms with van der Waals surface area (Å²) in [6, 6.07) is 2.52. The fraction of sp³-hybridized carbons (Fsp3) is 0.400. The lowest BCUT2D eigenvalue weighted by molar-refractivity contribution is -0.388. The van der Waals surface area contributed by atoms with Crippen molar-refractivity contribution in [3.05, 3.63) is 39.4 Å². The largest absolute Gasteiger partial charge is 0.423 e. The lowest BCUT2D eigenvalue weighted by Gasteiger charge is -2.14. The van der Waals surface area contributed by atoms with Gasteiger partial charge >= 0.3 is 6.18 Å². The van der Waals surface area contributed by atoms with Crippen LogP contribution in [0.25, 0.3) is 0 Å². The summed E-state index contributed by atoms with van der Waals surface area (Å²) < 4.78 is 60.8. The molecule has 1 atom stereocenters. The molecule has 0 bridgehead atoms. The van der Waals surface area contributed by atoms with E-state index in [0.29, 0.717) is 6.07 Å². The monoisotopic (exact) mass is 297 g/mol. The van der Waals surface area contributed by atoms with E-state index in [1.54, 1.807) is 0 Å². The second-order valence-corrected chi connectivity index (χ2v) is 6.34. The van der Waals surface area contributed by atoms with Gasteiger partial charge in [-0.1, -0.05) is 12.1 Å². The number of hydrogen-bond acceptors (Lipinski definition) is 4. The van der Waals surface area contributed by atoms with Gasteiger partial charge in [-0.3, -0.25) is 10.1 Å². The summed E-state index contributed by atoms with van der Waals surface area (Å²) in [5.41, 5.74) is -3.14. The van der Waals surface area contributed by atoms with Crippen LogP contribution in [0, 0.1) is 10.1 Å². The van der Waals surface area contributed by atoms with Gasteiger partial charge in [-0.05, 0) is 13.0 Å². The van der Waals surface area contributed by atoms with E-state index in [1.807, 2.05) is 0 Å². The molecule has 1 unspecified atom stereocenters. The predicted molar refractivity (Wildman–Crippen MR) is 61.4 cm³/mol. The minimum atomic E-state index is -4.92. The minimum Gasteiger partial charge on any atom is -0.258 e. The second-order valence-electron chi connectivity index (χ2n) is 3.97. The molecule has 0 aliphatic heterocycles. The molecule has 0 spiro atoms. The molecule has 0 aliphatic rings. The molecule has 0 amide bonds. The number of nitro benzene ring substituents is 1. The average Bonchev–Trinajstić information content (AvgIpc) is 2.24. The van der Waals surface area contributed by atoms with Gasteiger partial charge in [0, 0.05) is 11.8 Å². The molecule has 0 fully saturated rings. The molecule has 0 saturated carbocycles. The van der Waals surface area contributed by atoms with E-state index in [-0.39, 0.29) is 0 Å². The fourth-order valence-electron chi connectivity index (χ4n) is 1.55. The van der Waals surface area contributed by atoms with Crippen molar-refractivity contribution >= 4 is 15.5 Å². The Balaban J connectivity index is 3.64. The first-order chi connectivity index (χ1) is 8.46. The number of alkyl halides is 3. The first kappa shape index (κ1) is 15.4. The highest BCUT2D eigenvalue weighted by Crippen LogP contribution is 2.40. The number of rotatable bonds is 3. The van der Waals surface area contributed by atoms with E-state index < -0.39 is 43.0 Å². The Hall–Kier alpha value is -1.64. The Bertz CT molecular complexity index is 610. The predicted octanol–water partition coefficient (Wildman–Crippen LogP) is 2.72. The molecule has 1 aromatic carbocycles. The van der Waals surface area contributed by atoms with Crippen LogP contribution in [0.4, 0.5) is 18.9 Å². The van der Waals surface area contributed by atoms with E-state index in [4.69, 9.17) is 0 Å². The molecule has 1 rings (SSSR count). The second kappa shape index (κ2) is 4.80. The van der Waals surface area contributed by atoms with E-state index in [1.165, 1.54) is 0 Å². The summed E-state index contributed by atoms with van der Waals surface area (Å²) in [6.45, 7) is 1.11. The van der Waals surface area contributed by atoms with E-state index in [9.17, 15) is 31.7 Å². The van der Waals surface area contributed by atoms with Gasteiger partial charge in [-0.25, -0.2) is 8.42 Å². The molecule has 19 heavy (non-hydrogen) atoms. The van der Waals surface area contributed by atoms with Crippen molar-refractivity contribution in [1.82, 2.24) is 0 Å². The Morgan fingerprint density at radius 1 is 1.32 bits per heavy atom. The number of halogens is 3. The van der Waals surface area contributed by atoms with E-state index >= 15 is 0 Å². The lowest BCUT2D eigenvalue weighted by Crippen LogP contribution is -2.15. The SMILES string of the molecule is CC(c1cccc(C(F)(F)F)c1[N+](=O)[O-])S(C)(=O)=O. The molecule has 0 heterocycles. The normalized spacial score (nSPS) is 14.2. The molecule has 0 aromatic heterocycles. The van der Waals surface area contributed by atoms with Gasteiger partial charge < -0.3 is 0 Å². The van der Waals surface area contributed by atoms with Gasteiger partial charge in [-0.2, -0.15) is 13.2 Å². The highest BCUT2D eigenvalue weighted by Gasteiger charge is 2.41. The molecule has 9 heteroatoms. The summed E-state index contributed by atoms with van der Waals surface area (Å²) >= 11 is 0. The third-order valence-electron chi connectivity index (χ3n) is 2.64. The van der Waals surface area contributed by atoms with Gasteiger partial charge in [0.05, 0.1) is 10.2 Å². The molecule has 1 aromatic rings. The number of nitrogens with zero attached hydrogens (tertiary/aromatic N) is 1. The van der Waals surface area contributed by atoms with Crippen molar-refractivity contribution in [3.63, 3.8) is 0 Å². The molecule has 106 valence electrons. The van der Waals surface area contributed by atoms with Crippen LogP contribution in [-0.2, 0) is 16.0 Å². The van der Waals surface area contributed by atoms with Crippen molar-refractivity contribution in [2.24, 2.45) is 0 Å². The highest BCUT2D eigenvalue weighted by molar-refractivity contribution is 7.90. The maximum atomic E-state index is 12.7. The first-order valence-corrected chi connectivity index (χ1v) is 6.95. The van der Waals surface area contributed by atoms with Gasteiger partial charge in [0.1, 0.15) is 5.56 Å². The van der Waals surface area contributed by atoms with Crippen molar-refractivity contribution < 1.29 is 26.5 Å². The number of benzene rings is 1. The minimum absolute atomic E-state index is 0.470. The van der Waals surface area contributed by atoms with Crippen LogP contribution in [0.2, 0.25) is 0 Å². The molecule has 0 saturated heterocycles. The van der Waals surface area contributed by atoms with Crippen LogP contribution >= 0.6 is 0 Å². The Kier molecular flexibility index (Phi) is 3.89. The van der Waals surface area contributed by atoms with Crippen LogP contribution in [0.15, 0.2) is 18.2 Å². The van der Waals surface area contributed by atoms with Crippen molar-refractivity contribution in [2.45, 2.75) is 18.3 Å². The standard InChI is InChI=1S/C10H10F3NO4S/c1-6(19(2,17)18)7-4-3-5-8(10(11,12)13)9(7)14(15)16/h3-6H,1-2H3. The van der Waals surface area contributed by atoms with Crippen molar-refractivity contribution in [2.75, 3.05) is 6.26 Å². The topological polar surface area (TPSA) is 77.3 Å². The fourth-order valence-corrected chi connectivity index (χ4v) is 2.20. The van der Waals surface area contributed by atoms with Crippen LogP contribution in [0.5, 0.6) is 0 Å². The maximum absolute atomic E-state index is 12.7. The van der Waals surface area contributed by atoms with Crippen LogP contribution in [-0.4, -0.2) is 19.6 Å². The van der Waals surface area contributed by atoms with Gasteiger partial charge in [0.2, 0.25) is 0 Å². The number of sulfone groups is 1. The average molecular weight is 297 g/mol. The summed E-state index contributed by atoms with van der Waals surface area (Å²) in [5.74, 6) is 0. The van der Waals surface area contributed by atoms with Crippen molar-refractivity contribution in [1.29, 1.82) is 0 Å². The molecular formula is C10H10F3NO4S. The zero-order valence-corrected chi connectivity index (χ0v) is 10.7. The number of hydrogen-bond donors (Lipinski definition) is 0. The van der Waals surface area contributed by atoms with Gasteiger partial charge in [-0.15, -0.1) is 0 Å². The quantitative estimate of drug-likeness (QED) is 0.635. The third-order valence-corrected chi connectivity index (χ3v) is 4.17. The van der Waals surface area contributed by atoms with Crippen LogP contribution in [0.1, 0.15) is 23.3 Å². The first-order valence-electron chi connectivity index (χ1n) is 4.99. The summed E-state index contributed by atoms with van der Waals surface area (Å²) in [7, 11) is -3.75. The number of nitro groups is 1. The molecule has 5 nitrogen and oxygen atoms in total. The zero-order valence-electron chi connectivity index (χ0n) is 9.93. The van der Waals surface area contributed by atoms with Gasteiger partial charge in [0.15, 0.2) is 9.84 Å². The Labute approximate surface area is 107 Å². The molecule has 0 radical (unpaired) electrons. The van der Waals surface area contributed by atoms with E-state index in [2.05, 4.69) is 0 Å². The summed E-state index contributed by atoms with van der Waals surface area (Å²) in [6.07, 6.45) is -4.11. The molecule has 0 N–H and O–H groups in total. The third kappa shape index (κ3) is 3.22. The van der Waals surface area contributed by atoms with Crippen LogP contribution in [0.3, 0.4) is 0 Å². The maximum Gasteiger partial charge on any atom is 0.423 e. The smallest absolute Gasteiger partial charge is 0.258 e. The summed E-state index contributed by atoms with van der Waals surface area (Å²) in [4.78, 5) is 9.62. The zero-order chi connectivity index (χ0) is 15.0. The van der Waals surface area contributed by atoms with E-state index in [0.717, 1.165) is 25.3 Å².